The Bertz CT molecular complexity index is 485. The quantitative estimate of drug-likeness (QED) is 0.443. The van der Waals surface area contributed by atoms with Crippen molar-refractivity contribution in [1.82, 2.24) is 5.06 Å². The fourth-order valence-electron chi connectivity index (χ4n) is 1.46. The monoisotopic (exact) mass is 303 g/mol. The van der Waals surface area contributed by atoms with Gasteiger partial charge < -0.3 is 4.18 Å². The highest BCUT2D eigenvalue weighted by Crippen LogP contribution is 2.32. The van der Waals surface area contributed by atoms with Crippen molar-refractivity contribution in [2.24, 2.45) is 5.92 Å². The zero-order valence-corrected chi connectivity index (χ0v) is 10.9. The molecule has 0 spiro atoms. The summed E-state index contributed by atoms with van der Waals surface area (Å²) in [4.78, 5) is 16.2. The summed E-state index contributed by atoms with van der Waals surface area (Å²) in [5, 5.41) is 0.905. The second kappa shape index (κ2) is 5.37. The van der Waals surface area contributed by atoms with Crippen LogP contribution in [0.1, 0.15) is 12.8 Å². The molecule has 6 nitrogen and oxygen atoms in total. The van der Waals surface area contributed by atoms with Gasteiger partial charge in [0.2, 0.25) is 0 Å². The van der Waals surface area contributed by atoms with E-state index in [1.54, 1.807) is 0 Å². The van der Waals surface area contributed by atoms with E-state index in [-0.39, 0.29) is 18.6 Å². The van der Waals surface area contributed by atoms with Gasteiger partial charge >= 0.3 is 15.6 Å². The first kappa shape index (κ1) is 15.8. The smallest absolute Gasteiger partial charge is 0.381 e. The Balaban J connectivity index is 2.77. The summed E-state index contributed by atoms with van der Waals surface area (Å²) >= 11 is 0. The number of nitrogens with zero attached hydrogens (tertiary/aromatic N) is 1. The number of carbonyl (C=O) groups excluding carboxylic acids is 1. The van der Waals surface area contributed by atoms with Gasteiger partial charge in [-0.3, -0.25) is 9.63 Å². The number of hydroxylamine groups is 2. The summed E-state index contributed by atoms with van der Waals surface area (Å²) in [5.41, 5.74) is -5.49. The van der Waals surface area contributed by atoms with Crippen LogP contribution in [-0.2, 0) is 23.9 Å². The van der Waals surface area contributed by atoms with Crippen LogP contribution in [0.15, 0.2) is 11.8 Å². The summed E-state index contributed by atoms with van der Waals surface area (Å²) in [6, 6.07) is 0. The Labute approximate surface area is 107 Å². The molecule has 0 saturated heterocycles. The maximum atomic E-state index is 12.1. The average molecular weight is 303 g/mol. The molecule has 1 amide bonds. The number of amides is 1. The second-order valence-corrected chi connectivity index (χ2v) is 5.32. The van der Waals surface area contributed by atoms with Crippen LogP contribution in [0.3, 0.4) is 0 Å². The molecule has 1 aliphatic rings. The van der Waals surface area contributed by atoms with E-state index < -0.39 is 27.5 Å². The lowest BCUT2D eigenvalue weighted by Gasteiger charge is -2.16. The molecular formula is C9H12F3NO5S. The van der Waals surface area contributed by atoms with Crippen LogP contribution in [-0.4, -0.2) is 39.1 Å². The van der Waals surface area contributed by atoms with E-state index >= 15 is 0 Å². The summed E-state index contributed by atoms with van der Waals surface area (Å²) in [6.07, 6.45) is 1.15. The fraction of sp³-hybridized carbons (Fsp3) is 0.667. The number of halogens is 3. The van der Waals surface area contributed by atoms with Crippen molar-refractivity contribution in [3.63, 3.8) is 0 Å². The lowest BCUT2D eigenvalue weighted by atomic mass is 10.1. The maximum absolute atomic E-state index is 12.1. The molecular weight excluding hydrogens is 291 g/mol. The normalized spacial score (nSPS) is 20.1. The number of allylic oxidation sites excluding steroid dienone is 1. The van der Waals surface area contributed by atoms with E-state index in [9.17, 15) is 26.4 Å². The van der Waals surface area contributed by atoms with Gasteiger partial charge in [-0.05, 0) is 12.5 Å². The van der Waals surface area contributed by atoms with Gasteiger partial charge in [0.25, 0.3) is 5.91 Å². The SMILES string of the molecule is CON(C)C(=O)C1C=C(OS(=O)(=O)C(F)(F)F)CC1. The van der Waals surface area contributed by atoms with E-state index in [0.29, 0.717) is 0 Å². The predicted octanol–water partition coefficient (Wildman–Crippen LogP) is 1.17. The standard InChI is InChI=1S/C9H12F3NO5S/c1-13(17-2)8(14)6-3-4-7(5-6)18-19(15,16)9(10,11)12/h5-6H,3-4H2,1-2H3. The Kier molecular flexibility index (Phi) is 4.46. The van der Waals surface area contributed by atoms with Gasteiger partial charge in [-0.2, -0.15) is 21.6 Å². The molecule has 0 N–H and O–H groups in total. The van der Waals surface area contributed by atoms with Gasteiger partial charge in [0.05, 0.1) is 13.0 Å². The van der Waals surface area contributed by atoms with E-state index in [1.165, 1.54) is 14.2 Å². The predicted molar refractivity (Wildman–Crippen MR) is 56.6 cm³/mol. The minimum Gasteiger partial charge on any atom is -0.381 e. The second-order valence-electron chi connectivity index (χ2n) is 3.78. The summed E-state index contributed by atoms with van der Waals surface area (Å²) in [5.74, 6) is -1.64. The first-order valence-corrected chi connectivity index (χ1v) is 6.52. The van der Waals surface area contributed by atoms with Crippen molar-refractivity contribution in [3.8, 4) is 0 Å². The molecule has 0 bridgehead atoms. The minimum atomic E-state index is -5.68. The van der Waals surface area contributed by atoms with Crippen LogP contribution >= 0.6 is 0 Å². The molecule has 0 aromatic rings. The highest BCUT2D eigenvalue weighted by molar-refractivity contribution is 7.87. The molecule has 0 heterocycles. The van der Waals surface area contributed by atoms with Crippen LogP contribution in [0.4, 0.5) is 13.2 Å². The first-order chi connectivity index (χ1) is 8.58. The summed E-state index contributed by atoms with van der Waals surface area (Å²) in [7, 11) is -3.09. The van der Waals surface area contributed by atoms with Crippen LogP contribution in [0.25, 0.3) is 0 Å². The molecule has 110 valence electrons. The van der Waals surface area contributed by atoms with Crippen molar-refractivity contribution < 1.29 is 35.4 Å². The molecule has 1 rings (SSSR count). The molecule has 10 heteroatoms. The largest absolute Gasteiger partial charge is 0.534 e. The van der Waals surface area contributed by atoms with E-state index in [2.05, 4.69) is 9.02 Å². The lowest BCUT2D eigenvalue weighted by Crippen LogP contribution is -2.30. The van der Waals surface area contributed by atoms with Gasteiger partial charge in [0.15, 0.2) is 0 Å². The Hall–Kier alpha value is -1.29. The summed E-state index contributed by atoms with van der Waals surface area (Å²) in [6.45, 7) is 0. The third-order valence-corrected chi connectivity index (χ3v) is 3.49. The minimum absolute atomic E-state index is 0.0662. The van der Waals surface area contributed by atoms with Crippen molar-refractivity contribution in [2.45, 2.75) is 18.3 Å². The Morgan fingerprint density at radius 2 is 2.05 bits per heavy atom. The van der Waals surface area contributed by atoms with Crippen LogP contribution < -0.4 is 0 Å². The summed E-state index contributed by atoms with van der Waals surface area (Å²) < 4.78 is 61.8. The third-order valence-electron chi connectivity index (χ3n) is 2.49. The van der Waals surface area contributed by atoms with Gasteiger partial charge in [-0.1, -0.05) is 0 Å². The zero-order valence-electron chi connectivity index (χ0n) is 10.1. The molecule has 0 aromatic carbocycles. The van der Waals surface area contributed by atoms with E-state index in [4.69, 9.17) is 0 Å². The van der Waals surface area contributed by atoms with Crippen molar-refractivity contribution in [3.05, 3.63) is 11.8 Å². The lowest BCUT2D eigenvalue weighted by molar-refractivity contribution is -0.171. The topological polar surface area (TPSA) is 72.9 Å². The Morgan fingerprint density at radius 3 is 2.53 bits per heavy atom. The Morgan fingerprint density at radius 1 is 1.47 bits per heavy atom. The number of alkyl halides is 3. The molecule has 0 aromatic heterocycles. The average Bonchev–Trinajstić information content (AvgIpc) is 2.73. The highest BCUT2D eigenvalue weighted by Gasteiger charge is 2.49. The van der Waals surface area contributed by atoms with Gasteiger partial charge in [-0.25, -0.2) is 5.06 Å². The van der Waals surface area contributed by atoms with Gasteiger partial charge in [-0.15, -0.1) is 0 Å². The number of carbonyl (C=O) groups is 1. The molecule has 0 fully saturated rings. The van der Waals surface area contributed by atoms with Crippen molar-refractivity contribution in [1.29, 1.82) is 0 Å². The van der Waals surface area contributed by atoms with Gasteiger partial charge in [0, 0.05) is 13.5 Å². The molecule has 0 radical (unpaired) electrons. The van der Waals surface area contributed by atoms with Gasteiger partial charge in [0.1, 0.15) is 5.76 Å². The van der Waals surface area contributed by atoms with Crippen molar-refractivity contribution >= 4 is 16.0 Å². The van der Waals surface area contributed by atoms with E-state index in [0.717, 1.165) is 11.1 Å². The zero-order chi connectivity index (χ0) is 14.8. The molecule has 0 aliphatic heterocycles. The molecule has 1 unspecified atom stereocenters. The fourth-order valence-corrected chi connectivity index (χ4v) is 1.98. The first-order valence-electron chi connectivity index (χ1n) is 5.11. The number of hydrogen-bond donors (Lipinski definition) is 0. The molecule has 1 aliphatic carbocycles. The maximum Gasteiger partial charge on any atom is 0.534 e. The van der Waals surface area contributed by atoms with Crippen molar-refractivity contribution in [2.75, 3.05) is 14.2 Å². The molecule has 19 heavy (non-hydrogen) atoms. The number of rotatable bonds is 4. The number of hydrogen-bond acceptors (Lipinski definition) is 5. The van der Waals surface area contributed by atoms with Crippen LogP contribution in [0.2, 0.25) is 0 Å². The molecule has 1 atom stereocenters. The van der Waals surface area contributed by atoms with E-state index in [1.807, 2.05) is 0 Å². The van der Waals surface area contributed by atoms with Crippen LogP contribution in [0.5, 0.6) is 0 Å². The highest BCUT2D eigenvalue weighted by atomic mass is 32.2. The third kappa shape index (κ3) is 3.60. The van der Waals surface area contributed by atoms with Crippen LogP contribution in [0, 0.1) is 5.92 Å². The molecule has 0 saturated carbocycles.